The summed E-state index contributed by atoms with van der Waals surface area (Å²) in [4.78, 5) is 11.8. The molecule has 2 nitrogen and oxygen atoms in total. The SMILES string of the molecule is CC1=CC(NC(=O)/C=C/c2ccc(Cl)cc2)CCC1. The largest absolute Gasteiger partial charge is 0.346 e. The van der Waals surface area contributed by atoms with Gasteiger partial charge in [-0.25, -0.2) is 0 Å². The zero-order valence-corrected chi connectivity index (χ0v) is 11.8. The minimum absolute atomic E-state index is 0.0501. The maximum absolute atomic E-state index is 11.8. The Labute approximate surface area is 119 Å². The number of nitrogens with one attached hydrogen (secondary N) is 1. The molecule has 3 heteroatoms. The van der Waals surface area contributed by atoms with Gasteiger partial charge in [-0.3, -0.25) is 4.79 Å². The number of amides is 1. The molecule has 0 aromatic heterocycles. The molecule has 1 aromatic carbocycles. The lowest BCUT2D eigenvalue weighted by atomic mass is 9.97. The van der Waals surface area contributed by atoms with Gasteiger partial charge in [0.05, 0.1) is 0 Å². The number of benzene rings is 1. The maximum Gasteiger partial charge on any atom is 0.244 e. The molecule has 1 atom stereocenters. The van der Waals surface area contributed by atoms with Crippen LogP contribution >= 0.6 is 11.6 Å². The van der Waals surface area contributed by atoms with Crippen molar-refractivity contribution in [2.24, 2.45) is 0 Å². The second kappa shape index (κ2) is 6.58. The summed E-state index contributed by atoms with van der Waals surface area (Å²) in [6.45, 7) is 2.11. The third-order valence-corrected chi connectivity index (χ3v) is 3.45. The number of allylic oxidation sites excluding steroid dienone is 1. The van der Waals surface area contributed by atoms with Crippen LogP contribution in [0.1, 0.15) is 31.7 Å². The van der Waals surface area contributed by atoms with Gasteiger partial charge in [0.15, 0.2) is 0 Å². The van der Waals surface area contributed by atoms with E-state index < -0.39 is 0 Å². The fourth-order valence-corrected chi connectivity index (χ4v) is 2.33. The number of carbonyl (C=O) groups is 1. The number of hydrogen-bond donors (Lipinski definition) is 1. The maximum atomic E-state index is 11.8. The van der Waals surface area contributed by atoms with Gasteiger partial charge in [0.25, 0.3) is 0 Å². The van der Waals surface area contributed by atoms with Crippen LogP contribution in [0.15, 0.2) is 42.0 Å². The number of carbonyl (C=O) groups excluding carboxylic acids is 1. The van der Waals surface area contributed by atoms with E-state index in [4.69, 9.17) is 11.6 Å². The molecule has 1 aromatic rings. The quantitative estimate of drug-likeness (QED) is 0.656. The summed E-state index contributed by atoms with van der Waals surface area (Å²) in [6, 6.07) is 7.57. The Morgan fingerprint density at radius 1 is 1.37 bits per heavy atom. The van der Waals surface area contributed by atoms with Crippen LogP contribution in [0.4, 0.5) is 0 Å². The number of halogens is 1. The van der Waals surface area contributed by atoms with Gasteiger partial charge in [-0.1, -0.05) is 35.4 Å². The van der Waals surface area contributed by atoms with E-state index in [1.807, 2.05) is 24.3 Å². The van der Waals surface area contributed by atoms with Crippen LogP contribution in [0.3, 0.4) is 0 Å². The van der Waals surface area contributed by atoms with Crippen LogP contribution in [-0.4, -0.2) is 11.9 Å². The van der Waals surface area contributed by atoms with Gasteiger partial charge < -0.3 is 5.32 Å². The van der Waals surface area contributed by atoms with Crippen molar-refractivity contribution in [3.8, 4) is 0 Å². The lowest BCUT2D eigenvalue weighted by Gasteiger charge is -2.19. The molecule has 1 amide bonds. The molecule has 0 aliphatic heterocycles. The van der Waals surface area contributed by atoms with Gasteiger partial charge in [-0.15, -0.1) is 0 Å². The second-order valence-electron chi connectivity index (χ2n) is 4.91. The zero-order valence-electron chi connectivity index (χ0n) is 11.0. The number of hydrogen-bond acceptors (Lipinski definition) is 1. The zero-order chi connectivity index (χ0) is 13.7. The molecule has 0 bridgehead atoms. The minimum atomic E-state index is -0.0501. The van der Waals surface area contributed by atoms with Crippen molar-refractivity contribution in [2.75, 3.05) is 0 Å². The van der Waals surface area contributed by atoms with Crippen LogP contribution in [-0.2, 0) is 4.79 Å². The van der Waals surface area contributed by atoms with Gasteiger partial charge in [0.2, 0.25) is 5.91 Å². The van der Waals surface area contributed by atoms with Crippen molar-refractivity contribution in [2.45, 2.75) is 32.2 Å². The van der Waals surface area contributed by atoms with Crippen molar-refractivity contribution in [3.63, 3.8) is 0 Å². The summed E-state index contributed by atoms with van der Waals surface area (Å²) in [5, 5.41) is 3.70. The molecule has 0 spiro atoms. The van der Waals surface area contributed by atoms with Gasteiger partial charge in [-0.2, -0.15) is 0 Å². The molecule has 0 radical (unpaired) electrons. The van der Waals surface area contributed by atoms with Crippen molar-refractivity contribution >= 4 is 23.6 Å². The molecule has 100 valence electrons. The topological polar surface area (TPSA) is 29.1 Å². The van der Waals surface area contributed by atoms with E-state index in [-0.39, 0.29) is 11.9 Å². The highest BCUT2D eigenvalue weighted by Crippen LogP contribution is 2.17. The molecule has 0 fully saturated rings. The fourth-order valence-electron chi connectivity index (χ4n) is 2.20. The highest BCUT2D eigenvalue weighted by atomic mass is 35.5. The standard InChI is InChI=1S/C16H18ClNO/c1-12-3-2-4-15(11-12)18-16(19)10-7-13-5-8-14(17)9-6-13/h5-11,15H,2-4H2,1H3,(H,18,19)/b10-7+. The summed E-state index contributed by atoms with van der Waals surface area (Å²) >= 11 is 5.81. The first kappa shape index (κ1) is 13.9. The fraction of sp³-hybridized carbons (Fsp3) is 0.312. The Balaban J connectivity index is 1.90. The first-order valence-corrected chi connectivity index (χ1v) is 6.93. The average molecular weight is 276 g/mol. The third-order valence-electron chi connectivity index (χ3n) is 3.20. The summed E-state index contributed by atoms with van der Waals surface area (Å²) in [5.74, 6) is -0.0501. The molecule has 1 aliphatic carbocycles. The van der Waals surface area contributed by atoms with Crippen molar-refractivity contribution in [1.82, 2.24) is 5.32 Å². The first-order valence-electron chi connectivity index (χ1n) is 6.55. The summed E-state index contributed by atoms with van der Waals surface area (Å²) < 4.78 is 0. The molecule has 0 saturated carbocycles. The van der Waals surface area contributed by atoms with Crippen LogP contribution in [0, 0.1) is 0 Å². The lowest BCUT2D eigenvalue weighted by molar-refractivity contribution is -0.116. The molecule has 1 aliphatic rings. The molecule has 0 heterocycles. The highest BCUT2D eigenvalue weighted by molar-refractivity contribution is 6.30. The van der Waals surface area contributed by atoms with E-state index in [0.717, 1.165) is 24.8 Å². The number of rotatable bonds is 3. The minimum Gasteiger partial charge on any atom is -0.346 e. The Bertz CT molecular complexity index is 502. The van der Waals surface area contributed by atoms with Crippen LogP contribution in [0.2, 0.25) is 5.02 Å². The molecular weight excluding hydrogens is 258 g/mol. The van der Waals surface area contributed by atoms with Crippen molar-refractivity contribution in [1.29, 1.82) is 0 Å². The molecule has 19 heavy (non-hydrogen) atoms. The van der Waals surface area contributed by atoms with Crippen LogP contribution < -0.4 is 5.32 Å². The molecule has 1 N–H and O–H groups in total. The van der Waals surface area contributed by atoms with Gasteiger partial charge in [-0.05, 0) is 50.0 Å². The summed E-state index contributed by atoms with van der Waals surface area (Å²) in [7, 11) is 0. The van der Waals surface area contributed by atoms with E-state index in [0.29, 0.717) is 5.02 Å². The Kier molecular flexibility index (Phi) is 4.80. The lowest BCUT2D eigenvalue weighted by Crippen LogP contribution is -2.33. The monoisotopic (exact) mass is 275 g/mol. The Morgan fingerprint density at radius 3 is 2.79 bits per heavy atom. The predicted molar refractivity (Wildman–Crippen MR) is 80.0 cm³/mol. The molecule has 2 rings (SSSR count). The normalized spacial score (nSPS) is 19.3. The third kappa shape index (κ3) is 4.56. The van der Waals surface area contributed by atoms with Gasteiger partial charge in [0, 0.05) is 17.1 Å². The second-order valence-corrected chi connectivity index (χ2v) is 5.34. The summed E-state index contributed by atoms with van der Waals surface area (Å²) in [5.41, 5.74) is 2.33. The first-order chi connectivity index (χ1) is 9.13. The molecule has 0 saturated heterocycles. The van der Waals surface area contributed by atoms with Gasteiger partial charge in [0.1, 0.15) is 0 Å². The van der Waals surface area contributed by atoms with Crippen LogP contribution in [0.25, 0.3) is 6.08 Å². The Hall–Kier alpha value is -1.54. The Morgan fingerprint density at radius 2 is 2.11 bits per heavy atom. The highest BCUT2D eigenvalue weighted by Gasteiger charge is 2.12. The van der Waals surface area contributed by atoms with E-state index in [9.17, 15) is 4.79 Å². The van der Waals surface area contributed by atoms with Crippen molar-refractivity contribution < 1.29 is 4.79 Å². The van der Waals surface area contributed by atoms with E-state index >= 15 is 0 Å². The van der Waals surface area contributed by atoms with E-state index in [2.05, 4.69) is 18.3 Å². The van der Waals surface area contributed by atoms with E-state index in [1.165, 1.54) is 5.57 Å². The predicted octanol–water partition coefficient (Wildman–Crippen LogP) is 3.97. The van der Waals surface area contributed by atoms with E-state index in [1.54, 1.807) is 12.2 Å². The van der Waals surface area contributed by atoms with Crippen molar-refractivity contribution in [3.05, 3.63) is 52.6 Å². The van der Waals surface area contributed by atoms with Crippen LogP contribution in [0.5, 0.6) is 0 Å². The smallest absolute Gasteiger partial charge is 0.244 e. The molecular formula is C16H18ClNO. The molecule has 1 unspecified atom stereocenters. The summed E-state index contributed by atoms with van der Waals surface area (Å²) in [6.07, 6.45) is 8.84. The van der Waals surface area contributed by atoms with Gasteiger partial charge >= 0.3 is 0 Å². The average Bonchev–Trinajstić information content (AvgIpc) is 2.38.